The van der Waals surface area contributed by atoms with E-state index in [0.29, 0.717) is 6.54 Å². The summed E-state index contributed by atoms with van der Waals surface area (Å²) in [6.07, 6.45) is 12.2. The monoisotopic (exact) mass is 429 g/mol. The van der Waals surface area contributed by atoms with E-state index in [-0.39, 0.29) is 11.7 Å². The minimum Gasteiger partial charge on any atom is -0.508 e. The maximum Gasteiger partial charge on any atom is 0.244 e. The molecule has 0 unspecified atom stereocenters. The van der Waals surface area contributed by atoms with Crippen molar-refractivity contribution in [1.29, 1.82) is 0 Å². The lowest BCUT2D eigenvalue weighted by molar-refractivity contribution is -0.116. The van der Waals surface area contributed by atoms with Crippen molar-refractivity contribution in [1.82, 2.24) is 5.32 Å². The number of carbonyl (C=O) groups excluding carboxylic acids is 1. The summed E-state index contributed by atoms with van der Waals surface area (Å²) in [5.41, 5.74) is 2.34. The van der Waals surface area contributed by atoms with Crippen molar-refractivity contribution in [2.45, 2.75) is 65.2 Å². The van der Waals surface area contributed by atoms with Gasteiger partial charge in [-0.2, -0.15) is 0 Å². The van der Waals surface area contributed by atoms with Gasteiger partial charge in [0.05, 0.1) is 11.5 Å². The number of hydrogen-bond acceptors (Lipinski definition) is 4. The molecular weight excluding hydrogens is 394 g/mol. The molecule has 0 bridgehead atoms. The van der Waals surface area contributed by atoms with Crippen LogP contribution in [0.4, 0.5) is 0 Å². The molecule has 30 heavy (non-hydrogen) atoms. The molecular formula is C25H35NO3S. The van der Waals surface area contributed by atoms with Crippen molar-refractivity contribution in [3.63, 3.8) is 0 Å². The van der Waals surface area contributed by atoms with Crippen molar-refractivity contribution >= 4 is 23.3 Å². The Bertz CT molecular complexity index is 780. The van der Waals surface area contributed by atoms with Crippen LogP contribution in [0.15, 0.2) is 35.7 Å². The van der Waals surface area contributed by atoms with Gasteiger partial charge in [-0.15, -0.1) is 11.3 Å². The minimum atomic E-state index is -0.105. The van der Waals surface area contributed by atoms with E-state index < -0.39 is 0 Å². The fraction of sp³-hybridized carbons (Fsp3) is 0.480. The molecule has 0 aliphatic rings. The van der Waals surface area contributed by atoms with Crippen molar-refractivity contribution in [2.24, 2.45) is 0 Å². The van der Waals surface area contributed by atoms with Crippen LogP contribution in [0.5, 0.6) is 11.5 Å². The number of unbranched alkanes of at least 4 members (excludes halogenated alkanes) is 4. The molecule has 0 spiro atoms. The van der Waals surface area contributed by atoms with Gasteiger partial charge in [0, 0.05) is 18.2 Å². The van der Waals surface area contributed by atoms with Gasteiger partial charge in [0.2, 0.25) is 5.91 Å². The average Bonchev–Trinajstić information content (AvgIpc) is 3.13. The summed E-state index contributed by atoms with van der Waals surface area (Å²) >= 11 is 1.65. The molecule has 1 amide bonds. The Kier molecular flexibility index (Phi) is 11.1. The van der Waals surface area contributed by atoms with Crippen LogP contribution in [-0.2, 0) is 17.6 Å². The van der Waals surface area contributed by atoms with E-state index in [4.69, 9.17) is 4.74 Å². The van der Waals surface area contributed by atoms with Crippen LogP contribution in [0.1, 0.15) is 68.4 Å². The van der Waals surface area contributed by atoms with Gasteiger partial charge in [-0.3, -0.25) is 4.79 Å². The van der Waals surface area contributed by atoms with Gasteiger partial charge in [0.1, 0.15) is 11.5 Å². The second kappa shape index (κ2) is 13.9. The summed E-state index contributed by atoms with van der Waals surface area (Å²) in [6, 6.07) is 7.05. The zero-order chi connectivity index (χ0) is 21.6. The highest BCUT2D eigenvalue weighted by atomic mass is 32.1. The van der Waals surface area contributed by atoms with E-state index in [1.165, 1.54) is 37.7 Å². The summed E-state index contributed by atoms with van der Waals surface area (Å²) in [7, 11) is 0. The number of aromatic hydroxyl groups is 1. The molecule has 0 fully saturated rings. The Balaban J connectivity index is 1.90. The first-order valence-electron chi connectivity index (χ1n) is 11.1. The third kappa shape index (κ3) is 8.62. The summed E-state index contributed by atoms with van der Waals surface area (Å²) in [5.74, 6) is 1.11. The zero-order valence-corrected chi connectivity index (χ0v) is 19.1. The highest BCUT2D eigenvalue weighted by Gasteiger charge is 2.12. The maximum atomic E-state index is 12.2. The van der Waals surface area contributed by atoms with Gasteiger partial charge in [-0.05, 0) is 54.8 Å². The number of nitrogens with one attached hydrogen (secondary N) is 1. The Hall–Kier alpha value is -2.27. The number of carbonyl (C=O) groups is 1. The number of phenolic OH excluding ortho intramolecular Hbond substituents is 1. The maximum absolute atomic E-state index is 12.2. The first kappa shape index (κ1) is 24.0. The van der Waals surface area contributed by atoms with E-state index in [1.807, 2.05) is 18.2 Å². The van der Waals surface area contributed by atoms with Gasteiger partial charge in [-0.1, -0.05) is 51.7 Å². The standard InChI is InChI=1S/C25H35NO3S/c1-3-5-7-9-21-19-30-23(25(21)29-18-8-6-4-2)14-15-24(28)26-17-16-20-10-12-22(27)13-11-20/h10-15,19,27H,3-9,16-18H2,1-2H3,(H,26,28). The number of hydrogen-bond donors (Lipinski definition) is 2. The fourth-order valence-corrected chi connectivity index (χ4v) is 4.08. The number of thiophene rings is 1. The summed E-state index contributed by atoms with van der Waals surface area (Å²) in [4.78, 5) is 13.2. The van der Waals surface area contributed by atoms with Crippen LogP contribution in [0, 0.1) is 0 Å². The molecule has 0 aliphatic carbocycles. The molecule has 5 heteroatoms. The second-order valence-corrected chi connectivity index (χ2v) is 8.42. The smallest absolute Gasteiger partial charge is 0.244 e. The van der Waals surface area contributed by atoms with Crippen molar-refractivity contribution in [3.8, 4) is 11.5 Å². The second-order valence-electron chi connectivity index (χ2n) is 7.51. The molecule has 0 aliphatic heterocycles. The lowest BCUT2D eigenvalue weighted by Crippen LogP contribution is -2.23. The van der Waals surface area contributed by atoms with Gasteiger partial charge < -0.3 is 15.2 Å². The molecule has 0 saturated carbocycles. The topological polar surface area (TPSA) is 58.6 Å². The zero-order valence-electron chi connectivity index (χ0n) is 18.3. The number of benzene rings is 1. The van der Waals surface area contributed by atoms with Crippen LogP contribution in [0.2, 0.25) is 0 Å². The predicted octanol–water partition coefficient (Wildman–Crippen LogP) is 6.13. The molecule has 2 aromatic rings. The summed E-state index contributed by atoms with van der Waals surface area (Å²) in [6.45, 7) is 5.69. The van der Waals surface area contributed by atoms with Gasteiger partial charge in [0.15, 0.2) is 0 Å². The molecule has 1 aromatic carbocycles. The van der Waals surface area contributed by atoms with Crippen LogP contribution in [-0.4, -0.2) is 24.2 Å². The predicted molar refractivity (Wildman–Crippen MR) is 126 cm³/mol. The number of rotatable bonds is 14. The molecule has 164 valence electrons. The van der Waals surface area contributed by atoms with Crippen molar-refractivity contribution in [2.75, 3.05) is 13.2 Å². The van der Waals surface area contributed by atoms with Gasteiger partial charge in [-0.25, -0.2) is 0 Å². The third-order valence-electron chi connectivity index (χ3n) is 4.92. The first-order chi connectivity index (χ1) is 14.6. The van der Waals surface area contributed by atoms with Crippen LogP contribution >= 0.6 is 11.3 Å². The van der Waals surface area contributed by atoms with Crippen LogP contribution in [0.3, 0.4) is 0 Å². The molecule has 4 nitrogen and oxygen atoms in total. The van der Waals surface area contributed by atoms with E-state index in [1.54, 1.807) is 29.5 Å². The van der Waals surface area contributed by atoms with E-state index in [9.17, 15) is 9.90 Å². The Morgan fingerprint density at radius 3 is 2.53 bits per heavy atom. The largest absolute Gasteiger partial charge is 0.508 e. The SMILES string of the molecule is CCCCCOc1c(CCCCC)csc1C=CC(=O)NCCc1ccc(O)cc1. The Morgan fingerprint density at radius 2 is 1.80 bits per heavy atom. The number of ether oxygens (including phenoxy) is 1. The van der Waals surface area contributed by atoms with Crippen LogP contribution < -0.4 is 10.1 Å². The van der Waals surface area contributed by atoms with Gasteiger partial charge >= 0.3 is 0 Å². The molecule has 2 N–H and O–H groups in total. The lowest BCUT2D eigenvalue weighted by Gasteiger charge is -2.09. The molecule has 2 rings (SSSR count). The molecule has 1 heterocycles. The molecule has 0 atom stereocenters. The average molecular weight is 430 g/mol. The van der Waals surface area contributed by atoms with E-state index in [2.05, 4.69) is 24.5 Å². The normalized spacial score (nSPS) is 11.1. The summed E-state index contributed by atoms with van der Waals surface area (Å²) in [5, 5.41) is 14.4. The minimum absolute atomic E-state index is 0.105. The molecule has 1 aromatic heterocycles. The third-order valence-corrected chi connectivity index (χ3v) is 5.90. The van der Waals surface area contributed by atoms with Crippen molar-refractivity contribution in [3.05, 3.63) is 51.7 Å². The van der Waals surface area contributed by atoms with E-state index >= 15 is 0 Å². The Labute approximate surface area is 185 Å². The van der Waals surface area contributed by atoms with Gasteiger partial charge in [0.25, 0.3) is 0 Å². The molecule has 0 saturated heterocycles. The number of phenols is 1. The highest BCUT2D eigenvalue weighted by Crippen LogP contribution is 2.33. The lowest BCUT2D eigenvalue weighted by atomic mass is 10.1. The Morgan fingerprint density at radius 1 is 1.07 bits per heavy atom. The van der Waals surface area contributed by atoms with E-state index in [0.717, 1.165) is 42.1 Å². The first-order valence-corrected chi connectivity index (χ1v) is 12.0. The highest BCUT2D eigenvalue weighted by molar-refractivity contribution is 7.11. The van der Waals surface area contributed by atoms with Crippen molar-refractivity contribution < 1.29 is 14.6 Å². The quantitative estimate of drug-likeness (QED) is 0.281. The molecule has 0 radical (unpaired) electrons. The van der Waals surface area contributed by atoms with Crippen LogP contribution in [0.25, 0.3) is 6.08 Å². The number of aryl methyl sites for hydroxylation is 1. The number of amides is 1. The summed E-state index contributed by atoms with van der Waals surface area (Å²) < 4.78 is 6.13. The fourth-order valence-electron chi connectivity index (χ4n) is 3.15.